The van der Waals surface area contributed by atoms with Crippen molar-refractivity contribution in [3.05, 3.63) is 53.9 Å². The molecule has 0 bridgehead atoms. The van der Waals surface area contributed by atoms with Gasteiger partial charge in [-0.05, 0) is 49.7 Å². The molecule has 2 N–H and O–H groups in total. The van der Waals surface area contributed by atoms with E-state index < -0.39 is 22.0 Å². The molecule has 0 saturated heterocycles. The van der Waals surface area contributed by atoms with Gasteiger partial charge in [-0.15, -0.1) is 0 Å². The molecular formula is C17H21N3O4S. The number of carbonyl (C=O) groups is 1. The lowest BCUT2D eigenvalue weighted by Crippen LogP contribution is -2.44. The fraction of sp³-hybridized carbons (Fsp3) is 0.294. The van der Waals surface area contributed by atoms with Crippen molar-refractivity contribution < 1.29 is 17.9 Å². The summed E-state index contributed by atoms with van der Waals surface area (Å²) in [5.41, 5.74) is 1.38. The lowest BCUT2D eigenvalue weighted by atomic mass is 10.2. The number of sulfonamides is 1. The molecule has 1 aromatic carbocycles. The van der Waals surface area contributed by atoms with Gasteiger partial charge in [0, 0.05) is 6.20 Å². The SMILES string of the molecule is COc1ccc(S(=O)(=O)N[C@H](C)C(=O)NCc2ccccn2)cc1C. The van der Waals surface area contributed by atoms with Crippen LogP contribution in [-0.2, 0) is 21.4 Å². The van der Waals surface area contributed by atoms with Crippen LogP contribution in [-0.4, -0.2) is 32.5 Å². The van der Waals surface area contributed by atoms with E-state index in [1.807, 2.05) is 6.07 Å². The summed E-state index contributed by atoms with van der Waals surface area (Å²) < 4.78 is 32.4. The van der Waals surface area contributed by atoms with Crippen molar-refractivity contribution in [3.8, 4) is 5.75 Å². The van der Waals surface area contributed by atoms with E-state index in [0.717, 1.165) is 0 Å². The zero-order valence-electron chi connectivity index (χ0n) is 14.3. The van der Waals surface area contributed by atoms with Gasteiger partial charge in [0.15, 0.2) is 0 Å². The predicted molar refractivity (Wildman–Crippen MR) is 93.6 cm³/mol. The molecule has 2 rings (SSSR count). The number of amides is 1. The molecule has 1 amide bonds. The first-order valence-corrected chi connectivity index (χ1v) is 9.16. The van der Waals surface area contributed by atoms with Crippen LogP contribution in [0.3, 0.4) is 0 Å². The Morgan fingerprint density at radius 1 is 1.28 bits per heavy atom. The molecule has 0 spiro atoms. The van der Waals surface area contributed by atoms with Gasteiger partial charge in [-0.1, -0.05) is 6.07 Å². The van der Waals surface area contributed by atoms with Crippen molar-refractivity contribution in [1.82, 2.24) is 15.0 Å². The molecule has 1 heterocycles. The number of nitrogens with zero attached hydrogens (tertiary/aromatic N) is 1. The number of benzene rings is 1. The zero-order valence-corrected chi connectivity index (χ0v) is 15.1. The Balaban J connectivity index is 2.01. The average Bonchev–Trinajstić information content (AvgIpc) is 2.60. The van der Waals surface area contributed by atoms with Gasteiger partial charge in [0.05, 0.1) is 30.3 Å². The summed E-state index contributed by atoms with van der Waals surface area (Å²) >= 11 is 0. The summed E-state index contributed by atoms with van der Waals surface area (Å²) in [6.45, 7) is 3.47. The van der Waals surface area contributed by atoms with Crippen LogP contribution in [0, 0.1) is 6.92 Å². The molecule has 25 heavy (non-hydrogen) atoms. The average molecular weight is 363 g/mol. The third kappa shape index (κ3) is 5.01. The quantitative estimate of drug-likeness (QED) is 0.775. The van der Waals surface area contributed by atoms with Crippen LogP contribution in [0.1, 0.15) is 18.2 Å². The Kier molecular flexibility index (Phi) is 6.11. The topological polar surface area (TPSA) is 97.4 Å². The highest BCUT2D eigenvalue weighted by atomic mass is 32.2. The smallest absolute Gasteiger partial charge is 0.241 e. The molecule has 134 valence electrons. The number of hydrogen-bond acceptors (Lipinski definition) is 5. The maximum absolute atomic E-state index is 12.4. The van der Waals surface area contributed by atoms with Gasteiger partial charge in [0.25, 0.3) is 0 Å². The largest absolute Gasteiger partial charge is 0.496 e. The summed E-state index contributed by atoms with van der Waals surface area (Å²) in [5, 5.41) is 2.65. The molecule has 0 aliphatic rings. The second-order valence-electron chi connectivity index (χ2n) is 5.51. The summed E-state index contributed by atoms with van der Waals surface area (Å²) in [4.78, 5) is 16.3. The number of nitrogens with one attached hydrogen (secondary N) is 2. The molecule has 2 aromatic rings. The van der Waals surface area contributed by atoms with Crippen molar-refractivity contribution in [2.24, 2.45) is 0 Å². The van der Waals surface area contributed by atoms with E-state index in [0.29, 0.717) is 17.0 Å². The van der Waals surface area contributed by atoms with Gasteiger partial charge in [-0.3, -0.25) is 9.78 Å². The highest BCUT2D eigenvalue weighted by Gasteiger charge is 2.22. The fourth-order valence-corrected chi connectivity index (χ4v) is 3.49. The third-order valence-corrected chi connectivity index (χ3v) is 5.11. The number of methoxy groups -OCH3 is 1. The number of hydrogen-bond donors (Lipinski definition) is 2. The van der Waals surface area contributed by atoms with Crippen molar-refractivity contribution in [3.63, 3.8) is 0 Å². The molecule has 0 aliphatic heterocycles. The summed E-state index contributed by atoms with van der Waals surface area (Å²) in [6.07, 6.45) is 1.62. The van der Waals surface area contributed by atoms with Crippen molar-refractivity contribution in [2.45, 2.75) is 31.3 Å². The minimum atomic E-state index is -3.82. The van der Waals surface area contributed by atoms with Crippen LogP contribution >= 0.6 is 0 Å². The Morgan fingerprint density at radius 3 is 2.64 bits per heavy atom. The van der Waals surface area contributed by atoms with Gasteiger partial charge in [0.1, 0.15) is 5.75 Å². The maximum atomic E-state index is 12.4. The first-order chi connectivity index (χ1) is 11.8. The van der Waals surface area contributed by atoms with Crippen LogP contribution in [0.4, 0.5) is 0 Å². The number of pyridine rings is 1. The minimum Gasteiger partial charge on any atom is -0.496 e. The second-order valence-corrected chi connectivity index (χ2v) is 7.23. The van der Waals surface area contributed by atoms with E-state index in [1.54, 1.807) is 31.3 Å². The number of aryl methyl sites for hydroxylation is 1. The molecule has 8 heteroatoms. The van der Waals surface area contributed by atoms with Gasteiger partial charge in [-0.2, -0.15) is 4.72 Å². The van der Waals surface area contributed by atoms with Gasteiger partial charge in [0.2, 0.25) is 15.9 Å². The Hall–Kier alpha value is -2.45. The predicted octanol–water partition coefficient (Wildman–Crippen LogP) is 1.38. The Bertz CT molecular complexity index is 838. The van der Waals surface area contributed by atoms with E-state index in [2.05, 4.69) is 15.0 Å². The second kappa shape index (κ2) is 8.09. The summed E-state index contributed by atoms with van der Waals surface area (Å²) in [6, 6.07) is 8.96. The highest BCUT2D eigenvalue weighted by molar-refractivity contribution is 7.89. The first kappa shape index (κ1) is 18.9. The number of rotatable bonds is 7. The molecule has 0 unspecified atom stereocenters. The van der Waals surface area contributed by atoms with E-state index in [-0.39, 0.29) is 11.4 Å². The third-order valence-electron chi connectivity index (χ3n) is 3.57. The fourth-order valence-electron chi connectivity index (χ4n) is 2.21. The van der Waals surface area contributed by atoms with Gasteiger partial charge >= 0.3 is 0 Å². The molecule has 0 aliphatic carbocycles. The lowest BCUT2D eigenvalue weighted by molar-refractivity contribution is -0.122. The monoisotopic (exact) mass is 363 g/mol. The highest BCUT2D eigenvalue weighted by Crippen LogP contribution is 2.21. The normalized spacial score (nSPS) is 12.4. The standard InChI is InChI=1S/C17H21N3O4S/c1-12-10-15(7-8-16(12)24-3)25(22,23)20-13(2)17(21)19-11-14-6-4-5-9-18-14/h4-10,13,20H,11H2,1-3H3,(H,19,21)/t13-/m1/s1. The molecule has 7 nitrogen and oxygen atoms in total. The Labute approximate surface area is 147 Å². The van der Waals surface area contributed by atoms with Crippen molar-refractivity contribution in [2.75, 3.05) is 7.11 Å². The van der Waals surface area contributed by atoms with E-state index in [4.69, 9.17) is 4.74 Å². The van der Waals surface area contributed by atoms with Crippen LogP contribution in [0.15, 0.2) is 47.5 Å². The van der Waals surface area contributed by atoms with Crippen LogP contribution < -0.4 is 14.8 Å². The number of aromatic nitrogens is 1. The summed E-state index contributed by atoms with van der Waals surface area (Å²) in [7, 11) is -2.30. The zero-order chi connectivity index (χ0) is 18.4. The number of carbonyl (C=O) groups excluding carboxylic acids is 1. The molecular weight excluding hydrogens is 342 g/mol. The van der Waals surface area contributed by atoms with E-state index in [1.165, 1.54) is 26.2 Å². The van der Waals surface area contributed by atoms with Crippen LogP contribution in [0.2, 0.25) is 0 Å². The van der Waals surface area contributed by atoms with Crippen LogP contribution in [0.25, 0.3) is 0 Å². The van der Waals surface area contributed by atoms with Crippen molar-refractivity contribution in [1.29, 1.82) is 0 Å². The first-order valence-electron chi connectivity index (χ1n) is 7.68. The van der Waals surface area contributed by atoms with Gasteiger partial charge in [-0.25, -0.2) is 8.42 Å². The van der Waals surface area contributed by atoms with E-state index >= 15 is 0 Å². The maximum Gasteiger partial charge on any atom is 0.241 e. The summed E-state index contributed by atoms with van der Waals surface area (Å²) in [5.74, 6) is 0.166. The Morgan fingerprint density at radius 2 is 2.04 bits per heavy atom. The lowest BCUT2D eigenvalue weighted by Gasteiger charge is -2.15. The van der Waals surface area contributed by atoms with E-state index in [9.17, 15) is 13.2 Å². The molecule has 0 fully saturated rings. The minimum absolute atomic E-state index is 0.0789. The molecule has 0 saturated carbocycles. The molecule has 1 atom stereocenters. The number of ether oxygens (including phenoxy) is 1. The van der Waals surface area contributed by atoms with Gasteiger partial charge < -0.3 is 10.1 Å². The molecule has 1 aromatic heterocycles. The van der Waals surface area contributed by atoms with Crippen LogP contribution in [0.5, 0.6) is 5.75 Å². The molecule has 0 radical (unpaired) electrons. The van der Waals surface area contributed by atoms with Crippen molar-refractivity contribution >= 4 is 15.9 Å².